The highest BCUT2D eigenvalue weighted by Crippen LogP contribution is 2.37. The maximum Gasteiger partial charge on any atom is 0.412 e. The Morgan fingerprint density at radius 1 is 1.19 bits per heavy atom. The molecule has 0 saturated heterocycles. The highest BCUT2D eigenvalue weighted by Gasteiger charge is 2.33. The molecular weight excluding hydrogens is 426 g/mol. The minimum Gasteiger partial charge on any atom is -0.494 e. The van der Waals surface area contributed by atoms with Crippen molar-refractivity contribution in [2.75, 3.05) is 17.7 Å². The lowest BCUT2D eigenvalue weighted by atomic mass is 9.94. The van der Waals surface area contributed by atoms with E-state index in [1.54, 1.807) is 0 Å². The van der Waals surface area contributed by atoms with E-state index < -0.39 is 11.7 Å². The summed E-state index contributed by atoms with van der Waals surface area (Å²) in [5.41, 5.74) is 2.32. The SMILES string of the molecule is Cc1cc(SCCCCOc2ccc3c(c2)C(C)(C)OC(=O)N3)ccc1Br. The molecule has 1 N–H and O–H groups in total. The molecule has 0 spiro atoms. The summed E-state index contributed by atoms with van der Waals surface area (Å²) in [6, 6.07) is 12.2. The normalized spacial score (nSPS) is 14.9. The number of ether oxygens (including phenoxy) is 2. The third-order valence-corrected chi connectivity index (χ3v) is 6.40. The molecule has 144 valence electrons. The number of thioether (sulfide) groups is 1. The second-order valence-electron chi connectivity index (χ2n) is 7.05. The molecule has 0 bridgehead atoms. The number of fused-ring (bicyclic) bond motifs is 1. The summed E-state index contributed by atoms with van der Waals surface area (Å²) in [4.78, 5) is 12.9. The summed E-state index contributed by atoms with van der Waals surface area (Å²) < 4.78 is 12.4. The average Bonchev–Trinajstić information content (AvgIpc) is 2.60. The number of anilines is 1. The maximum atomic E-state index is 11.6. The number of amides is 1. The Hall–Kier alpha value is -1.66. The van der Waals surface area contributed by atoms with Crippen molar-refractivity contribution in [1.29, 1.82) is 0 Å². The molecule has 0 aromatic heterocycles. The lowest BCUT2D eigenvalue weighted by molar-refractivity contribution is 0.0418. The van der Waals surface area contributed by atoms with E-state index in [1.165, 1.54) is 10.5 Å². The van der Waals surface area contributed by atoms with Gasteiger partial charge < -0.3 is 9.47 Å². The van der Waals surface area contributed by atoms with Crippen LogP contribution in [0.2, 0.25) is 0 Å². The van der Waals surface area contributed by atoms with Crippen LogP contribution in [0.1, 0.15) is 37.8 Å². The van der Waals surface area contributed by atoms with Crippen LogP contribution in [0.25, 0.3) is 0 Å². The first-order chi connectivity index (χ1) is 12.8. The van der Waals surface area contributed by atoms with E-state index in [4.69, 9.17) is 9.47 Å². The molecule has 6 heteroatoms. The van der Waals surface area contributed by atoms with Crippen molar-refractivity contribution >= 4 is 39.5 Å². The van der Waals surface area contributed by atoms with Gasteiger partial charge in [-0.05, 0) is 81.3 Å². The Labute approximate surface area is 173 Å². The lowest BCUT2D eigenvalue weighted by Crippen LogP contribution is -2.34. The van der Waals surface area contributed by atoms with Gasteiger partial charge in [0.15, 0.2) is 0 Å². The van der Waals surface area contributed by atoms with Gasteiger partial charge in [0.1, 0.15) is 11.4 Å². The maximum absolute atomic E-state index is 11.6. The Balaban J connectivity index is 1.44. The second-order valence-corrected chi connectivity index (χ2v) is 9.07. The predicted molar refractivity (Wildman–Crippen MR) is 114 cm³/mol. The Morgan fingerprint density at radius 2 is 2.00 bits per heavy atom. The predicted octanol–water partition coefficient (Wildman–Crippen LogP) is 6.51. The summed E-state index contributed by atoms with van der Waals surface area (Å²) in [7, 11) is 0. The molecule has 0 saturated carbocycles. The zero-order valence-electron chi connectivity index (χ0n) is 15.8. The number of unbranched alkanes of at least 4 members (excludes halogenated alkanes) is 1. The molecule has 1 aliphatic rings. The van der Waals surface area contributed by atoms with Gasteiger partial charge in [-0.15, -0.1) is 11.8 Å². The first kappa shape index (κ1) is 20.1. The van der Waals surface area contributed by atoms with Gasteiger partial charge in [0.05, 0.1) is 12.3 Å². The number of aryl methyl sites for hydroxylation is 1. The number of halogens is 1. The van der Waals surface area contributed by atoms with E-state index in [2.05, 4.69) is 46.4 Å². The monoisotopic (exact) mass is 449 g/mol. The highest BCUT2D eigenvalue weighted by molar-refractivity contribution is 9.10. The van der Waals surface area contributed by atoms with Crippen molar-refractivity contribution < 1.29 is 14.3 Å². The van der Waals surface area contributed by atoms with Crippen molar-refractivity contribution in [3.63, 3.8) is 0 Å². The van der Waals surface area contributed by atoms with E-state index in [9.17, 15) is 4.79 Å². The van der Waals surface area contributed by atoms with Crippen LogP contribution >= 0.6 is 27.7 Å². The van der Waals surface area contributed by atoms with Crippen LogP contribution in [0.3, 0.4) is 0 Å². The number of hydrogen-bond acceptors (Lipinski definition) is 4. The number of hydrogen-bond donors (Lipinski definition) is 1. The summed E-state index contributed by atoms with van der Waals surface area (Å²) in [5.74, 6) is 1.87. The first-order valence-corrected chi connectivity index (χ1v) is 10.8. The standard InChI is InChI=1S/C21H24BrNO3S/c1-14-12-16(7-8-18(14)22)27-11-5-4-10-25-15-6-9-19-17(13-15)21(2,3)26-20(24)23-19/h6-9,12-13H,4-5,10-11H2,1-3H3,(H,23,24). The van der Waals surface area contributed by atoms with Gasteiger partial charge in [-0.2, -0.15) is 0 Å². The minimum atomic E-state index is -0.656. The average molecular weight is 450 g/mol. The molecule has 1 heterocycles. The van der Waals surface area contributed by atoms with E-state index in [0.29, 0.717) is 6.61 Å². The molecule has 0 aliphatic carbocycles. The van der Waals surface area contributed by atoms with Gasteiger partial charge in [0.25, 0.3) is 0 Å². The molecule has 1 amide bonds. The molecule has 27 heavy (non-hydrogen) atoms. The largest absolute Gasteiger partial charge is 0.494 e. The highest BCUT2D eigenvalue weighted by atomic mass is 79.9. The molecule has 3 rings (SSSR count). The van der Waals surface area contributed by atoms with E-state index in [-0.39, 0.29) is 0 Å². The van der Waals surface area contributed by atoms with Gasteiger partial charge in [-0.1, -0.05) is 15.9 Å². The number of rotatable bonds is 7. The molecule has 4 nitrogen and oxygen atoms in total. The fourth-order valence-corrected chi connectivity index (χ4v) is 4.19. The van der Waals surface area contributed by atoms with Crippen molar-refractivity contribution in [3.8, 4) is 5.75 Å². The third-order valence-electron chi connectivity index (χ3n) is 4.43. The van der Waals surface area contributed by atoms with Crippen molar-refractivity contribution in [2.24, 2.45) is 0 Å². The van der Waals surface area contributed by atoms with Gasteiger partial charge in [0, 0.05) is 14.9 Å². The Kier molecular flexibility index (Phi) is 6.37. The molecule has 0 unspecified atom stereocenters. The topological polar surface area (TPSA) is 47.6 Å². The molecule has 0 atom stereocenters. The lowest BCUT2D eigenvalue weighted by Gasteiger charge is -2.32. The van der Waals surface area contributed by atoms with E-state index in [0.717, 1.165) is 40.1 Å². The third kappa shape index (κ3) is 5.20. The van der Waals surface area contributed by atoms with Gasteiger partial charge >= 0.3 is 6.09 Å². The number of carbonyl (C=O) groups excluding carboxylic acids is 1. The van der Waals surface area contributed by atoms with Crippen molar-refractivity contribution in [3.05, 3.63) is 52.0 Å². The van der Waals surface area contributed by atoms with Crippen LogP contribution < -0.4 is 10.1 Å². The smallest absolute Gasteiger partial charge is 0.412 e. The van der Waals surface area contributed by atoms with Gasteiger partial charge in [-0.3, -0.25) is 5.32 Å². The fraction of sp³-hybridized carbons (Fsp3) is 0.381. The quantitative estimate of drug-likeness (QED) is 0.386. The van der Waals surface area contributed by atoms with E-state index >= 15 is 0 Å². The molecule has 2 aromatic rings. The summed E-state index contributed by atoms with van der Waals surface area (Å²) in [6.07, 6.45) is 1.67. The molecule has 0 radical (unpaired) electrons. The van der Waals surface area contributed by atoms with Crippen LogP contribution in [0.5, 0.6) is 5.75 Å². The zero-order chi connectivity index (χ0) is 19.4. The number of nitrogens with one attached hydrogen (secondary N) is 1. The molecular formula is C21H24BrNO3S. The second kappa shape index (κ2) is 8.57. The Bertz CT molecular complexity index is 838. The fourth-order valence-electron chi connectivity index (χ4n) is 2.93. The van der Waals surface area contributed by atoms with Crippen molar-refractivity contribution in [2.45, 2.75) is 44.1 Å². The van der Waals surface area contributed by atoms with Gasteiger partial charge in [-0.25, -0.2) is 4.79 Å². The Morgan fingerprint density at radius 3 is 2.78 bits per heavy atom. The minimum absolute atomic E-state index is 0.417. The van der Waals surface area contributed by atoms with Crippen LogP contribution in [0, 0.1) is 6.92 Å². The van der Waals surface area contributed by atoms with Crippen LogP contribution in [-0.2, 0) is 10.3 Å². The summed E-state index contributed by atoms with van der Waals surface area (Å²) >= 11 is 5.41. The van der Waals surface area contributed by atoms with Crippen LogP contribution in [0.15, 0.2) is 45.8 Å². The first-order valence-electron chi connectivity index (χ1n) is 9.01. The van der Waals surface area contributed by atoms with Crippen molar-refractivity contribution in [1.82, 2.24) is 0 Å². The molecule has 0 fully saturated rings. The van der Waals surface area contributed by atoms with Crippen LogP contribution in [-0.4, -0.2) is 18.5 Å². The van der Waals surface area contributed by atoms with Gasteiger partial charge in [0.2, 0.25) is 0 Å². The number of cyclic esters (lactones) is 1. The summed E-state index contributed by atoms with van der Waals surface area (Å²) in [6.45, 7) is 6.55. The summed E-state index contributed by atoms with van der Waals surface area (Å²) in [5, 5.41) is 2.73. The zero-order valence-corrected chi connectivity index (χ0v) is 18.2. The molecule has 1 aliphatic heterocycles. The van der Waals surface area contributed by atoms with E-state index in [1.807, 2.05) is 43.8 Å². The van der Waals surface area contributed by atoms with Crippen LogP contribution in [0.4, 0.5) is 10.5 Å². The number of benzene rings is 2. The molecule has 2 aromatic carbocycles. The number of carbonyl (C=O) groups is 1.